The summed E-state index contributed by atoms with van der Waals surface area (Å²) in [7, 11) is -1.91. The predicted octanol–water partition coefficient (Wildman–Crippen LogP) is 2.09. The van der Waals surface area contributed by atoms with E-state index < -0.39 is 10.0 Å². The second-order valence-corrected chi connectivity index (χ2v) is 7.27. The van der Waals surface area contributed by atoms with E-state index in [9.17, 15) is 8.42 Å². The first-order valence-corrected chi connectivity index (χ1v) is 8.65. The van der Waals surface area contributed by atoms with E-state index in [1.807, 2.05) is 0 Å². The van der Waals surface area contributed by atoms with Crippen LogP contribution < -0.4 is 9.46 Å². The minimum absolute atomic E-state index is 0.254. The van der Waals surface area contributed by atoms with E-state index in [2.05, 4.69) is 37.3 Å². The summed E-state index contributed by atoms with van der Waals surface area (Å²) in [5, 5.41) is 0. The van der Waals surface area contributed by atoms with E-state index in [-0.39, 0.29) is 4.90 Å². The molecule has 0 saturated carbocycles. The number of nitrogens with one attached hydrogen (secondary N) is 1. The van der Waals surface area contributed by atoms with Crippen LogP contribution in [0.4, 0.5) is 0 Å². The van der Waals surface area contributed by atoms with Gasteiger partial charge in [-0.25, -0.2) is 13.1 Å². The summed E-state index contributed by atoms with van der Waals surface area (Å²) in [5.74, 6) is 0.639. The number of hydrogen-bond acceptors (Lipinski definition) is 4. The van der Waals surface area contributed by atoms with Crippen molar-refractivity contribution in [2.24, 2.45) is 0 Å². The number of ether oxygens (including phenoxy) is 1. The topological polar surface area (TPSA) is 58.6 Å². The van der Waals surface area contributed by atoms with Crippen LogP contribution >= 0.6 is 0 Å². The van der Waals surface area contributed by atoms with Gasteiger partial charge in [-0.1, -0.05) is 0 Å². The van der Waals surface area contributed by atoms with Crippen molar-refractivity contribution < 1.29 is 13.2 Å². The van der Waals surface area contributed by atoms with Gasteiger partial charge in [-0.05, 0) is 52.0 Å². The quantitative estimate of drug-likeness (QED) is 0.798. The van der Waals surface area contributed by atoms with Crippen molar-refractivity contribution in [1.29, 1.82) is 0 Å². The van der Waals surface area contributed by atoms with E-state index in [1.54, 1.807) is 31.4 Å². The number of nitrogens with zero attached hydrogens (tertiary/aromatic N) is 1. The first kappa shape index (κ1) is 17.9. The van der Waals surface area contributed by atoms with Gasteiger partial charge in [0, 0.05) is 25.2 Å². The third kappa shape index (κ3) is 5.30. The van der Waals surface area contributed by atoms with Crippen LogP contribution in [0.2, 0.25) is 0 Å². The molecule has 0 atom stereocenters. The molecule has 0 aliphatic carbocycles. The van der Waals surface area contributed by atoms with E-state index in [1.165, 1.54) is 0 Å². The minimum atomic E-state index is -3.46. The summed E-state index contributed by atoms with van der Waals surface area (Å²) in [6, 6.07) is 7.14. The molecule has 1 aromatic rings. The Hall–Kier alpha value is -1.11. The Morgan fingerprint density at radius 2 is 1.62 bits per heavy atom. The molecule has 0 fully saturated rings. The van der Waals surface area contributed by atoms with Crippen molar-refractivity contribution in [3.05, 3.63) is 24.3 Å². The molecule has 0 spiro atoms. The van der Waals surface area contributed by atoms with E-state index in [4.69, 9.17) is 4.74 Å². The van der Waals surface area contributed by atoms with E-state index >= 15 is 0 Å². The fourth-order valence-corrected chi connectivity index (χ4v) is 3.28. The molecule has 0 amide bonds. The third-order valence-electron chi connectivity index (χ3n) is 3.36. The monoisotopic (exact) mass is 314 g/mol. The normalized spacial score (nSPS) is 12.4. The highest BCUT2D eigenvalue weighted by Crippen LogP contribution is 2.15. The maximum atomic E-state index is 12.2. The van der Waals surface area contributed by atoms with Crippen molar-refractivity contribution >= 4 is 10.0 Å². The van der Waals surface area contributed by atoms with Crippen LogP contribution in [0.25, 0.3) is 0 Å². The lowest BCUT2D eigenvalue weighted by Crippen LogP contribution is -2.42. The van der Waals surface area contributed by atoms with Crippen LogP contribution in [0.5, 0.6) is 5.75 Å². The molecule has 0 unspecified atom stereocenters. The summed E-state index contributed by atoms with van der Waals surface area (Å²) >= 11 is 0. The molecule has 1 N–H and O–H groups in total. The summed E-state index contributed by atoms with van der Waals surface area (Å²) < 4.78 is 32.0. The largest absolute Gasteiger partial charge is 0.497 e. The maximum absolute atomic E-state index is 12.2. The highest BCUT2D eigenvalue weighted by molar-refractivity contribution is 7.89. The van der Waals surface area contributed by atoms with Gasteiger partial charge >= 0.3 is 0 Å². The fraction of sp³-hybridized carbons (Fsp3) is 0.600. The molecule has 120 valence electrons. The Kier molecular flexibility index (Phi) is 6.64. The van der Waals surface area contributed by atoms with Crippen molar-refractivity contribution in [2.75, 3.05) is 20.2 Å². The van der Waals surface area contributed by atoms with Gasteiger partial charge in [0.05, 0.1) is 12.0 Å². The van der Waals surface area contributed by atoms with Crippen LogP contribution in [0, 0.1) is 0 Å². The molecule has 0 aromatic heterocycles. The molecule has 1 aromatic carbocycles. The van der Waals surface area contributed by atoms with Gasteiger partial charge in [0.1, 0.15) is 5.75 Å². The minimum Gasteiger partial charge on any atom is -0.497 e. The Labute approximate surface area is 128 Å². The first-order valence-electron chi connectivity index (χ1n) is 7.17. The van der Waals surface area contributed by atoms with Crippen LogP contribution in [0.15, 0.2) is 29.2 Å². The second-order valence-electron chi connectivity index (χ2n) is 5.50. The highest BCUT2D eigenvalue weighted by atomic mass is 32.2. The Morgan fingerprint density at radius 3 is 2.05 bits per heavy atom. The summed E-state index contributed by atoms with van der Waals surface area (Å²) in [6.45, 7) is 9.52. The van der Waals surface area contributed by atoms with Crippen LogP contribution in [-0.4, -0.2) is 45.6 Å². The molecule has 0 saturated heterocycles. The second kappa shape index (κ2) is 7.77. The van der Waals surface area contributed by atoms with Crippen molar-refractivity contribution in [3.8, 4) is 5.75 Å². The molecular weight excluding hydrogens is 288 g/mol. The zero-order chi connectivity index (χ0) is 16.0. The Morgan fingerprint density at radius 1 is 1.10 bits per heavy atom. The summed E-state index contributed by atoms with van der Waals surface area (Å²) in [6.07, 6.45) is 0. The molecule has 21 heavy (non-hydrogen) atoms. The van der Waals surface area contributed by atoms with E-state index in [0.29, 0.717) is 30.9 Å². The standard InChI is InChI=1S/C15H26N2O3S/c1-12(2)17(13(3)4)11-10-16-21(18,19)15-8-6-14(20-5)7-9-15/h6-9,12-13,16H,10-11H2,1-5H3. The zero-order valence-corrected chi connectivity index (χ0v) is 14.3. The summed E-state index contributed by atoms with van der Waals surface area (Å²) in [4.78, 5) is 2.50. The van der Waals surface area contributed by atoms with Crippen molar-refractivity contribution in [1.82, 2.24) is 9.62 Å². The average molecular weight is 314 g/mol. The molecule has 0 heterocycles. The molecular formula is C15H26N2O3S. The average Bonchev–Trinajstić information content (AvgIpc) is 2.42. The maximum Gasteiger partial charge on any atom is 0.240 e. The van der Waals surface area contributed by atoms with Crippen LogP contribution in [-0.2, 0) is 10.0 Å². The molecule has 1 rings (SSSR count). The number of hydrogen-bond donors (Lipinski definition) is 1. The predicted molar refractivity (Wildman–Crippen MR) is 85.2 cm³/mol. The molecule has 0 bridgehead atoms. The molecule has 5 nitrogen and oxygen atoms in total. The molecule has 0 aliphatic rings. The number of sulfonamides is 1. The van der Waals surface area contributed by atoms with Gasteiger partial charge in [0.25, 0.3) is 0 Å². The lowest BCUT2D eigenvalue weighted by molar-refractivity contribution is 0.179. The molecule has 0 aliphatic heterocycles. The Balaban J connectivity index is 2.64. The van der Waals surface area contributed by atoms with Crippen LogP contribution in [0.1, 0.15) is 27.7 Å². The third-order valence-corrected chi connectivity index (χ3v) is 4.84. The van der Waals surface area contributed by atoms with Gasteiger partial charge < -0.3 is 4.74 Å². The molecule has 6 heteroatoms. The zero-order valence-electron chi connectivity index (χ0n) is 13.5. The van der Waals surface area contributed by atoms with E-state index in [0.717, 1.165) is 0 Å². The van der Waals surface area contributed by atoms with Crippen LogP contribution in [0.3, 0.4) is 0 Å². The SMILES string of the molecule is COc1ccc(S(=O)(=O)NCCN(C(C)C)C(C)C)cc1. The number of rotatable bonds is 8. The highest BCUT2D eigenvalue weighted by Gasteiger charge is 2.16. The van der Waals surface area contributed by atoms with Crippen molar-refractivity contribution in [2.45, 2.75) is 44.7 Å². The molecule has 0 radical (unpaired) electrons. The van der Waals surface area contributed by atoms with Gasteiger partial charge in [-0.3, -0.25) is 4.90 Å². The summed E-state index contributed by atoms with van der Waals surface area (Å²) in [5.41, 5.74) is 0. The lowest BCUT2D eigenvalue weighted by Gasteiger charge is -2.30. The Bertz CT molecular complexity index is 516. The lowest BCUT2D eigenvalue weighted by atomic mass is 10.2. The number of benzene rings is 1. The van der Waals surface area contributed by atoms with Gasteiger partial charge in [-0.15, -0.1) is 0 Å². The van der Waals surface area contributed by atoms with Gasteiger partial charge in [0.15, 0.2) is 0 Å². The van der Waals surface area contributed by atoms with Gasteiger partial charge in [-0.2, -0.15) is 0 Å². The first-order chi connectivity index (χ1) is 9.77. The van der Waals surface area contributed by atoms with Gasteiger partial charge in [0.2, 0.25) is 10.0 Å². The fourth-order valence-electron chi connectivity index (χ4n) is 2.26. The smallest absolute Gasteiger partial charge is 0.240 e. The van der Waals surface area contributed by atoms with Crippen molar-refractivity contribution in [3.63, 3.8) is 0 Å². The number of methoxy groups -OCH3 is 1.